The summed E-state index contributed by atoms with van der Waals surface area (Å²) in [5.74, 6) is -2.45. The number of carbonyl (C=O) groups excluding carboxylic acids is 2. The van der Waals surface area contributed by atoms with E-state index < -0.39 is 35.2 Å². The monoisotopic (exact) mass is 457 g/mol. The number of amides is 1. The normalized spacial score (nSPS) is 18.2. The van der Waals surface area contributed by atoms with Crippen LogP contribution in [0.25, 0.3) is 5.76 Å². The molecule has 32 heavy (non-hydrogen) atoms. The molecule has 0 saturated carbocycles. The number of hydrogen-bond acceptors (Lipinski definition) is 3. The van der Waals surface area contributed by atoms with Gasteiger partial charge in [-0.15, -0.1) is 0 Å². The van der Waals surface area contributed by atoms with Gasteiger partial charge in [0.25, 0.3) is 11.7 Å². The molecule has 4 nitrogen and oxygen atoms in total. The van der Waals surface area contributed by atoms with E-state index in [9.17, 15) is 27.9 Å². The molecule has 3 aromatic carbocycles. The second kappa shape index (κ2) is 8.16. The van der Waals surface area contributed by atoms with Crippen LogP contribution in [0.5, 0.6) is 0 Å². The second-order valence-electron chi connectivity index (χ2n) is 7.13. The highest BCUT2D eigenvalue weighted by atomic mass is 35.5. The maximum Gasteiger partial charge on any atom is 0.416 e. The summed E-state index contributed by atoms with van der Waals surface area (Å²) in [6.45, 7) is 0. The van der Waals surface area contributed by atoms with Gasteiger partial charge in [0.15, 0.2) is 0 Å². The number of alkyl halides is 3. The number of nitrogens with zero attached hydrogens (tertiary/aromatic N) is 1. The largest absolute Gasteiger partial charge is 0.507 e. The Labute approximate surface area is 186 Å². The van der Waals surface area contributed by atoms with Crippen LogP contribution >= 0.6 is 11.6 Å². The zero-order chi connectivity index (χ0) is 23.0. The van der Waals surface area contributed by atoms with E-state index in [4.69, 9.17) is 11.6 Å². The van der Waals surface area contributed by atoms with Gasteiger partial charge in [0.1, 0.15) is 5.76 Å². The van der Waals surface area contributed by atoms with Gasteiger partial charge in [-0.1, -0.05) is 60.1 Å². The van der Waals surface area contributed by atoms with Gasteiger partial charge in [-0.2, -0.15) is 13.2 Å². The van der Waals surface area contributed by atoms with Crippen LogP contribution in [0.4, 0.5) is 18.9 Å². The number of aliphatic hydroxyl groups is 1. The van der Waals surface area contributed by atoms with Gasteiger partial charge in [0.05, 0.1) is 17.2 Å². The molecule has 1 fully saturated rings. The van der Waals surface area contributed by atoms with Crippen molar-refractivity contribution >= 4 is 34.7 Å². The van der Waals surface area contributed by atoms with Gasteiger partial charge >= 0.3 is 6.18 Å². The van der Waals surface area contributed by atoms with Gasteiger partial charge in [-0.05, 0) is 35.9 Å². The smallest absolute Gasteiger partial charge is 0.416 e. The second-order valence-corrected chi connectivity index (χ2v) is 7.57. The Morgan fingerprint density at radius 2 is 1.56 bits per heavy atom. The Morgan fingerprint density at radius 1 is 0.906 bits per heavy atom. The van der Waals surface area contributed by atoms with Crippen molar-refractivity contribution in [2.24, 2.45) is 0 Å². The molecule has 3 aromatic rings. The molecule has 0 bridgehead atoms. The molecule has 8 heteroatoms. The zero-order valence-electron chi connectivity index (χ0n) is 16.3. The van der Waals surface area contributed by atoms with E-state index in [0.717, 1.165) is 23.1 Å². The SMILES string of the molecule is O=C1C(=O)N(c2cccc(C(F)(F)F)c2)C(c2ccc(Cl)cc2)/C1=C(\O)c1ccccc1. The lowest BCUT2D eigenvalue weighted by Crippen LogP contribution is -2.29. The molecule has 4 rings (SSSR count). The van der Waals surface area contributed by atoms with Crippen molar-refractivity contribution in [3.63, 3.8) is 0 Å². The summed E-state index contributed by atoms with van der Waals surface area (Å²) < 4.78 is 39.9. The minimum absolute atomic E-state index is 0.117. The van der Waals surface area contributed by atoms with E-state index in [0.29, 0.717) is 16.1 Å². The quantitative estimate of drug-likeness (QED) is 0.299. The molecule has 1 saturated heterocycles. The minimum Gasteiger partial charge on any atom is -0.507 e. The Balaban J connectivity index is 1.94. The third-order valence-corrected chi connectivity index (χ3v) is 5.38. The molecule has 1 heterocycles. The lowest BCUT2D eigenvalue weighted by atomic mass is 9.95. The van der Waals surface area contributed by atoms with Crippen molar-refractivity contribution in [2.75, 3.05) is 4.90 Å². The number of rotatable bonds is 3. The third kappa shape index (κ3) is 3.87. The van der Waals surface area contributed by atoms with Crippen molar-refractivity contribution in [3.8, 4) is 0 Å². The Hall–Kier alpha value is -3.58. The summed E-state index contributed by atoms with van der Waals surface area (Å²) in [4.78, 5) is 26.9. The van der Waals surface area contributed by atoms with Gasteiger partial charge in [0, 0.05) is 16.3 Å². The summed E-state index contributed by atoms with van der Waals surface area (Å²) in [6.07, 6.45) is -4.64. The summed E-state index contributed by atoms with van der Waals surface area (Å²) in [5.41, 5.74) is -0.596. The Bertz CT molecular complexity index is 1220. The Morgan fingerprint density at radius 3 is 2.19 bits per heavy atom. The van der Waals surface area contributed by atoms with Crippen LogP contribution in [-0.2, 0) is 15.8 Å². The van der Waals surface area contributed by atoms with E-state index in [1.807, 2.05) is 0 Å². The van der Waals surface area contributed by atoms with E-state index in [2.05, 4.69) is 0 Å². The lowest BCUT2D eigenvalue weighted by Gasteiger charge is -2.26. The first kappa shape index (κ1) is 21.6. The third-order valence-electron chi connectivity index (χ3n) is 5.13. The molecule has 1 amide bonds. The molecule has 1 N–H and O–H groups in total. The van der Waals surface area contributed by atoms with Gasteiger partial charge in [0.2, 0.25) is 0 Å². The molecule has 1 aliphatic rings. The number of anilines is 1. The van der Waals surface area contributed by atoms with Crippen LogP contribution in [-0.4, -0.2) is 16.8 Å². The minimum atomic E-state index is -4.64. The summed E-state index contributed by atoms with van der Waals surface area (Å²) in [6, 6.07) is 17.3. The summed E-state index contributed by atoms with van der Waals surface area (Å²) >= 11 is 5.96. The van der Waals surface area contributed by atoms with E-state index >= 15 is 0 Å². The average molecular weight is 458 g/mol. The Kier molecular flexibility index (Phi) is 5.52. The molecular formula is C24H15ClF3NO3. The van der Waals surface area contributed by atoms with Crippen molar-refractivity contribution in [2.45, 2.75) is 12.2 Å². The van der Waals surface area contributed by atoms with Crippen LogP contribution in [0.3, 0.4) is 0 Å². The van der Waals surface area contributed by atoms with Crippen LogP contribution < -0.4 is 4.90 Å². The number of hydrogen-bond donors (Lipinski definition) is 1. The fraction of sp³-hybridized carbons (Fsp3) is 0.0833. The zero-order valence-corrected chi connectivity index (χ0v) is 17.1. The molecular weight excluding hydrogens is 443 g/mol. The van der Waals surface area contributed by atoms with Crippen LogP contribution in [0.15, 0.2) is 84.4 Å². The fourth-order valence-electron chi connectivity index (χ4n) is 3.64. The number of ketones is 1. The molecule has 0 aromatic heterocycles. The fourth-order valence-corrected chi connectivity index (χ4v) is 3.77. The molecule has 1 aliphatic heterocycles. The molecule has 1 atom stereocenters. The predicted molar refractivity (Wildman–Crippen MR) is 114 cm³/mol. The van der Waals surface area contributed by atoms with Crippen LogP contribution in [0, 0.1) is 0 Å². The van der Waals surface area contributed by atoms with Crippen molar-refractivity contribution < 1.29 is 27.9 Å². The maximum absolute atomic E-state index is 13.3. The topological polar surface area (TPSA) is 57.6 Å². The number of carbonyl (C=O) groups is 2. The number of halogens is 4. The van der Waals surface area contributed by atoms with Crippen molar-refractivity contribution in [1.29, 1.82) is 0 Å². The number of Topliss-reactive ketones (excluding diaryl/α,β-unsaturated/α-hetero) is 1. The molecule has 0 radical (unpaired) electrons. The van der Waals surface area contributed by atoms with Crippen LogP contribution in [0.1, 0.15) is 22.7 Å². The predicted octanol–water partition coefficient (Wildman–Crippen LogP) is 5.99. The molecule has 0 aliphatic carbocycles. The van der Waals surface area contributed by atoms with Gasteiger partial charge in [-0.25, -0.2) is 0 Å². The number of aliphatic hydroxyl groups excluding tert-OH is 1. The van der Waals surface area contributed by atoms with Gasteiger partial charge in [-0.3, -0.25) is 14.5 Å². The molecule has 1 unspecified atom stereocenters. The maximum atomic E-state index is 13.3. The summed E-state index contributed by atoms with van der Waals surface area (Å²) in [7, 11) is 0. The molecule has 162 valence electrons. The van der Waals surface area contributed by atoms with Crippen molar-refractivity contribution in [3.05, 3.63) is 106 Å². The molecule has 0 spiro atoms. The highest BCUT2D eigenvalue weighted by Crippen LogP contribution is 2.43. The van der Waals surface area contributed by atoms with E-state index in [1.54, 1.807) is 42.5 Å². The highest BCUT2D eigenvalue weighted by molar-refractivity contribution is 6.51. The summed E-state index contributed by atoms with van der Waals surface area (Å²) in [5, 5.41) is 11.3. The highest BCUT2D eigenvalue weighted by Gasteiger charge is 2.47. The first-order valence-electron chi connectivity index (χ1n) is 9.47. The average Bonchev–Trinajstić information content (AvgIpc) is 3.04. The van der Waals surface area contributed by atoms with E-state index in [1.165, 1.54) is 18.2 Å². The first-order valence-corrected chi connectivity index (χ1v) is 9.85. The van der Waals surface area contributed by atoms with Gasteiger partial charge < -0.3 is 5.11 Å². The van der Waals surface area contributed by atoms with Crippen molar-refractivity contribution in [1.82, 2.24) is 0 Å². The lowest BCUT2D eigenvalue weighted by molar-refractivity contribution is -0.137. The standard InChI is InChI=1S/C24H15ClF3NO3/c25-17-11-9-14(10-12-17)20-19(21(30)15-5-2-1-3-6-15)22(31)23(32)29(20)18-8-4-7-16(13-18)24(26,27)28/h1-13,20,30H/b21-19+. The van der Waals surface area contributed by atoms with Crippen LogP contribution in [0.2, 0.25) is 5.02 Å². The number of benzene rings is 3. The first-order chi connectivity index (χ1) is 15.2. The van der Waals surface area contributed by atoms with E-state index in [-0.39, 0.29) is 11.3 Å².